The number of carbonyl (C=O) groups excluding carboxylic acids is 1. The molecule has 1 aromatic rings. The number of guanidine groups is 1. The molecule has 0 aromatic heterocycles. The van der Waals surface area contributed by atoms with Gasteiger partial charge in [0.15, 0.2) is 5.96 Å². The minimum absolute atomic E-state index is 0.155. The second-order valence-electron chi connectivity index (χ2n) is 8.04. The highest BCUT2D eigenvalue weighted by atomic mass is 16.5. The molecule has 2 aliphatic heterocycles. The molecule has 3 rings (SSSR count). The molecule has 0 spiro atoms. The molecule has 1 aromatic carbocycles. The fraction of sp³-hybridized carbons (Fsp3) is 0.636. The summed E-state index contributed by atoms with van der Waals surface area (Å²) < 4.78 is 5.55. The number of hydrogen-bond donors (Lipinski definition) is 1. The summed E-state index contributed by atoms with van der Waals surface area (Å²) in [5.41, 5.74) is 2.51. The lowest BCUT2D eigenvalue weighted by atomic mass is 10.1. The predicted molar refractivity (Wildman–Crippen MR) is 116 cm³/mol. The molecular formula is C22H35N5O2. The number of piperazine rings is 1. The largest absolute Gasteiger partial charge is 0.368 e. The molecule has 160 valence electrons. The molecule has 29 heavy (non-hydrogen) atoms. The average Bonchev–Trinajstić information content (AvgIpc) is 3.26. The Bertz CT molecular complexity index is 675. The van der Waals surface area contributed by atoms with Crippen molar-refractivity contribution in [3.63, 3.8) is 0 Å². The van der Waals surface area contributed by atoms with Gasteiger partial charge >= 0.3 is 0 Å². The van der Waals surface area contributed by atoms with Crippen molar-refractivity contribution < 1.29 is 9.53 Å². The van der Waals surface area contributed by atoms with Crippen molar-refractivity contribution >= 4 is 11.9 Å². The fourth-order valence-corrected chi connectivity index (χ4v) is 3.82. The summed E-state index contributed by atoms with van der Waals surface area (Å²) in [7, 11) is 4.16. The van der Waals surface area contributed by atoms with E-state index in [2.05, 4.69) is 60.4 Å². The van der Waals surface area contributed by atoms with Crippen molar-refractivity contribution in [2.24, 2.45) is 4.99 Å². The van der Waals surface area contributed by atoms with Gasteiger partial charge in [-0.05, 0) is 45.0 Å². The first kappa shape index (κ1) is 21.6. The molecule has 2 saturated heterocycles. The van der Waals surface area contributed by atoms with E-state index < -0.39 is 0 Å². The van der Waals surface area contributed by atoms with Gasteiger partial charge in [-0.15, -0.1) is 0 Å². The third kappa shape index (κ3) is 6.18. The van der Waals surface area contributed by atoms with Crippen molar-refractivity contribution in [2.75, 3.05) is 53.4 Å². The molecule has 2 heterocycles. The second-order valence-corrected chi connectivity index (χ2v) is 8.04. The third-order valence-corrected chi connectivity index (χ3v) is 5.36. The maximum Gasteiger partial charge on any atom is 0.251 e. The van der Waals surface area contributed by atoms with Crippen LogP contribution >= 0.6 is 0 Å². The normalized spacial score (nSPS) is 20.4. The highest BCUT2D eigenvalue weighted by Gasteiger charge is 2.30. The highest BCUT2D eigenvalue weighted by Crippen LogP contribution is 2.16. The van der Waals surface area contributed by atoms with Crippen molar-refractivity contribution in [1.82, 2.24) is 20.0 Å². The number of nitrogens with zero attached hydrogens (tertiary/aromatic N) is 4. The van der Waals surface area contributed by atoms with E-state index in [-0.39, 0.29) is 12.0 Å². The van der Waals surface area contributed by atoms with Crippen LogP contribution in [0, 0.1) is 0 Å². The van der Waals surface area contributed by atoms with E-state index in [1.807, 2.05) is 4.90 Å². The van der Waals surface area contributed by atoms with E-state index in [1.165, 1.54) is 11.1 Å². The van der Waals surface area contributed by atoms with Crippen molar-refractivity contribution in [2.45, 2.75) is 39.0 Å². The zero-order valence-corrected chi connectivity index (χ0v) is 18.1. The van der Waals surface area contributed by atoms with Crippen LogP contribution in [-0.2, 0) is 22.6 Å². The number of aliphatic imine (C=N–C) groups is 1. The first-order valence-electron chi connectivity index (χ1n) is 10.7. The molecular weight excluding hydrogens is 366 g/mol. The van der Waals surface area contributed by atoms with Crippen LogP contribution in [0.2, 0.25) is 0 Å². The molecule has 0 radical (unpaired) electrons. The molecule has 7 heteroatoms. The van der Waals surface area contributed by atoms with E-state index in [9.17, 15) is 4.79 Å². The summed E-state index contributed by atoms with van der Waals surface area (Å²) in [4.78, 5) is 23.7. The molecule has 0 bridgehead atoms. The fourth-order valence-electron chi connectivity index (χ4n) is 3.82. The van der Waals surface area contributed by atoms with Crippen LogP contribution in [0.3, 0.4) is 0 Å². The SMILES string of the molecule is CCNC(=NCc1ccc(CN(C)C)cc1)N1CCN(C(=O)C2CCCO2)CC1. The summed E-state index contributed by atoms with van der Waals surface area (Å²) >= 11 is 0. The Labute approximate surface area is 174 Å². The molecule has 2 fully saturated rings. The third-order valence-electron chi connectivity index (χ3n) is 5.36. The number of hydrogen-bond acceptors (Lipinski definition) is 4. The van der Waals surface area contributed by atoms with Crippen molar-refractivity contribution in [3.05, 3.63) is 35.4 Å². The van der Waals surface area contributed by atoms with Gasteiger partial charge in [0.25, 0.3) is 5.91 Å². The standard InChI is InChI=1S/C22H35N5O2/c1-4-23-22(24-16-18-7-9-19(10-8-18)17-25(2)3)27-13-11-26(12-14-27)21(28)20-6-5-15-29-20/h7-10,20H,4-6,11-17H2,1-3H3,(H,23,24). The molecule has 2 aliphatic rings. The van der Waals surface area contributed by atoms with Crippen LogP contribution < -0.4 is 5.32 Å². The first-order chi connectivity index (χ1) is 14.1. The monoisotopic (exact) mass is 401 g/mol. The van der Waals surface area contributed by atoms with E-state index in [1.54, 1.807) is 0 Å². The Kier molecular flexibility index (Phi) is 7.89. The Morgan fingerprint density at radius 1 is 1.14 bits per heavy atom. The molecule has 0 saturated carbocycles. The van der Waals surface area contributed by atoms with E-state index in [0.717, 1.165) is 58.1 Å². The van der Waals surface area contributed by atoms with Gasteiger partial charge in [0.05, 0.1) is 6.54 Å². The van der Waals surface area contributed by atoms with Crippen LogP contribution in [0.4, 0.5) is 0 Å². The Hall–Kier alpha value is -2.12. The van der Waals surface area contributed by atoms with Crippen LogP contribution in [-0.4, -0.2) is 86.1 Å². The number of ether oxygens (including phenoxy) is 1. The zero-order valence-electron chi connectivity index (χ0n) is 18.1. The first-order valence-corrected chi connectivity index (χ1v) is 10.7. The second kappa shape index (κ2) is 10.6. The van der Waals surface area contributed by atoms with Crippen LogP contribution in [0.1, 0.15) is 30.9 Å². The Morgan fingerprint density at radius 2 is 1.79 bits per heavy atom. The van der Waals surface area contributed by atoms with Gasteiger partial charge in [-0.3, -0.25) is 4.79 Å². The number of benzene rings is 1. The predicted octanol–water partition coefficient (Wildman–Crippen LogP) is 1.54. The summed E-state index contributed by atoms with van der Waals surface area (Å²) in [6, 6.07) is 8.66. The molecule has 0 aliphatic carbocycles. The topological polar surface area (TPSA) is 60.4 Å². The van der Waals surface area contributed by atoms with Crippen molar-refractivity contribution in [1.29, 1.82) is 0 Å². The van der Waals surface area contributed by atoms with Gasteiger partial charge in [0, 0.05) is 45.9 Å². The minimum atomic E-state index is -0.223. The van der Waals surface area contributed by atoms with Gasteiger partial charge in [0.2, 0.25) is 0 Å². The summed E-state index contributed by atoms with van der Waals surface area (Å²) in [6.07, 6.45) is 1.62. The van der Waals surface area contributed by atoms with Gasteiger partial charge in [0.1, 0.15) is 6.10 Å². The summed E-state index contributed by atoms with van der Waals surface area (Å²) in [5, 5.41) is 3.40. The molecule has 1 unspecified atom stereocenters. The molecule has 1 amide bonds. The minimum Gasteiger partial charge on any atom is -0.368 e. The van der Waals surface area contributed by atoms with E-state index in [0.29, 0.717) is 13.2 Å². The Balaban J connectivity index is 1.54. The number of rotatable bonds is 6. The average molecular weight is 402 g/mol. The number of amides is 1. The van der Waals surface area contributed by atoms with E-state index in [4.69, 9.17) is 9.73 Å². The van der Waals surface area contributed by atoms with Crippen LogP contribution in [0.15, 0.2) is 29.3 Å². The van der Waals surface area contributed by atoms with Gasteiger partial charge in [-0.2, -0.15) is 0 Å². The molecule has 1 atom stereocenters. The highest BCUT2D eigenvalue weighted by molar-refractivity contribution is 5.82. The van der Waals surface area contributed by atoms with Crippen LogP contribution in [0.25, 0.3) is 0 Å². The van der Waals surface area contributed by atoms with Crippen LogP contribution in [0.5, 0.6) is 0 Å². The molecule has 1 N–H and O–H groups in total. The summed E-state index contributed by atoms with van der Waals surface area (Å²) in [5.74, 6) is 1.08. The number of nitrogens with one attached hydrogen (secondary N) is 1. The molecule has 7 nitrogen and oxygen atoms in total. The van der Waals surface area contributed by atoms with E-state index >= 15 is 0 Å². The lowest BCUT2D eigenvalue weighted by Crippen LogP contribution is -2.55. The quantitative estimate of drug-likeness (QED) is 0.579. The van der Waals surface area contributed by atoms with Gasteiger partial charge < -0.3 is 24.8 Å². The maximum absolute atomic E-state index is 12.5. The van der Waals surface area contributed by atoms with Gasteiger partial charge in [-0.1, -0.05) is 24.3 Å². The smallest absolute Gasteiger partial charge is 0.251 e. The van der Waals surface area contributed by atoms with Crippen molar-refractivity contribution in [3.8, 4) is 0 Å². The lowest BCUT2D eigenvalue weighted by Gasteiger charge is -2.37. The van der Waals surface area contributed by atoms with Gasteiger partial charge in [-0.25, -0.2) is 4.99 Å². The Morgan fingerprint density at radius 3 is 2.38 bits per heavy atom. The maximum atomic E-state index is 12.5. The lowest BCUT2D eigenvalue weighted by molar-refractivity contribution is -0.142. The number of carbonyl (C=O) groups is 1. The summed E-state index contributed by atoms with van der Waals surface area (Å²) in [6.45, 7) is 8.27. The zero-order chi connectivity index (χ0) is 20.6.